The molecule has 0 fully saturated rings. The first-order valence-electron chi connectivity index (χ1n) is 5.89. The van der Waals surface area contributed by atoms with Gasteiger partial charge in [0, 0.05) is 16.3 Å². The minimum absolute atomic E-state index is 0.814. The highest BCUT2D eigenvalue weighted by Crippen LogP contribution is 2.21. The Morgan fingerprint density at radius 3 is 2.28 bits per heavy atom. The lowest BCUT2D eigenvalue weighted by Crippen LogP contribution is -1.90. The van der Waals surface area contributed by atoms with Crippen molar-refractivity contribution in [3.05, 3.63) is 54.1 Å². The number of thioether (sulfide) groups is 1. The SMILES string of the molecule is COc1ccc(CCSc2ccc(N)cc2)cc1. The number of rotatable bonds is 5. The molecule has 0 amide bonds. The third-order valence-corrected chi connectivity index (χ3v) is 3.71. The van der Waals surface area contributed by atoms with Gasteiger partial charge in [-0.2, -0.15) is 0 Å². The van der Waals surface area contributed by atoms with E-state index in [9.17, 15) is 0 Å². The fourth-order valence-corrected chi connectivity index (χ4v) is 2.54. The molecule has 2 aromatic rings. The number of ether oxygens (including phenoxy) is 1. The maximum atomic E-state index is 5.65. The molecule has 0 aliphatic carbocycles. The van der Waals surface area contributed by atoms with Gasteiger partial charge in [0.15, 0.2) is 0 Å². The van der Waals surface area contributed by atoms with Crippen LogP contribution in [-0.4, -0.2) is 12.9 Å². The summed E-state index contributed by atoms with van der Waals surface area (Å²) in [6.07, 6.45) is 1.05. The van der Waals surface area contributed by atoms with E-state index in [2.05, 4.69) is 24.3 Å². The van der Waals surface area contributed by atoms with Crippen molar-refractivity contribution >= 4 is 17.4 Å². The molecular weight excluding hydrogens is 242 g/mol. The van der Waals surface area contributed by atoms with Crippen molar-refractivity contribution < 1.29 is 4.74 Å². The van der Waals surface area contributed by atoms with Gasteiger partial charge in [0.2, 0.25) is 0 Å². The number of hydrogen-bond acceptors (Lipinski definition) is 3. The van der Waals surface area contributed by atoms with Crippen LogP contribution in [0.15, 0.2) is 53.4 Å². The minimum atomic E-state index is 0.814. The molecule has 0 aliphatic rings. The average Bonchev–Trinajstić information content (AvgIpc) is 2.42. The van der Waals surface area contributed by atoms with Crippen LogP contribution in [0, 0.1) is 0 Å². The third-order valence-electron chi connectivity index (χ3n) is 2.70. The summed E-state index contributed by atoms with van der Waals surface area (Å²) < 4.78 is 5.14. The second kappa shape index (κ2) is 6.36. The zero-order chi connectivity index (χ0) is 12.8. The van der Waals surface area contributed by atoms with Crippen LogP contribution in [0.5, 0.6) is 5.75 Å². The molecule has 0 saturated carbocycles. The Bertz CT molecular complexity index is 479. The van der Waals surface area contributed by atoms with E-state index in [0.29, 0.717) is 0 Å². The van der Waals surface area contributed by atoms with Crippen LogP contribution in [0.3, 0.4) is 0 Å². The fraction of sp³-hybridized carbons (Fsp3) is 0.200. The Kier molecular flexibility index (Phi) is 4.53. The molecule has 2 rings (SSSR count). The summed E-state index contributed by atoms with van der Waals surface area (Å²) in [4.78, 5) is 1.26. The summed E-state index contributed by atoms with van der Waals surface area (Å²) in [7, 11) is 1.69. The van der Waals surface area contributed by atoms with Crippen molar-refractivity contribution in [2.24, 2.45) is 0 Å². The highest BCUT2D eigenvalue weighted by Gasteiger charge is 1.97. The van der Waals surface area contributed by atoms with E-state index in [1.165, 1.54) is 10.5 Å². The molecule has 2 nitrogen and oxygen atoms in total. The van der Waals surface area contributed by atoms with Gasteiger partial charge in [-0.15, -0.1) is 11.8 Å². The maximum Gasteiger partial charge on any atom is 0.118 e. The first-order valence-corrected chi connectivity index (χ1v) is 6.88. The monoisotopic (exact) mass is 259 g/mol. The van der Waals surface area contributed by atoms with E-state index in [-0.39, 0.29) is 0 Å². The second-order valence-electron chi connectivity index (χ2n) is 4.02. The number of methoxy groups -OCH3 is 1. The van der Waals surface area contributed by atoms with Crippen LogP contribution in [0.2, 0.25) is 0 Å². The van der Waals surface area contributed by atoms with Crippen molar-refractivity contribution in [3.8, 4) is 5.75 Å². The van der Waals surface area contributed by atoms with Gasteiger partial charge in [-0.25, -0.2) is 0 Å². The van der Waals surface area contributed by atoms with Gasteiger partial charge in [0.1, 0.15) is 5.75 Å². The lowest BCUT2D eigenvalue weighted by Gasteiger charge is -2.04. The maximum absolute atomic E-state index is 5.65. The van der Waals surface area contributed by atoms with Gasteiger partial charge in [0.05, 0.1) is 7.11 Å². The summed E-state index contributed by atoms with van der Waals surface area (Å²) in [5.74, 6) is 1.97. The lowest BCUT2D eigenvalue weighted by atomic mass is 10.2. The summed E-state index contributed by atoms with van der Waals surface area (Å²) in [5, 5.41) is 0. The van der Waals surface area contributed by atoms with E-state index in [0.717, 1.165) is 23.6 Å². The van der Waals surface area contributed by atoms with Crippen molar-refractivity contribution in [3.63, 3.8) is 0 Å². The molecule has 94 valence electrons. The summed E-state index contributed by atoms with van der Waals surface area (Å²) in [6.45, 7) is 0. The highest BCUT2D eigenvalue weighted by molar-refractivity contribution is 7.99. The Balaban J connectivity index is 1.82. The molecule has 0 heterocycles. The van der Waals surface area contributed by atoms with Gasteiger partial charge in [-0.3, -0.25) is 0 Å². The van der Waals surface area contributed by atoms with Crippen LogP contribution in [0.4, 0.5) is 5.69 Å². The fourth-order valence-electron chi connectivity index (χ4n) is 1.64. The number of nitrogens with two attached hydrogens (primary N) is 1. The Morgan fingerprint density at radius 2 is 1.67 bits per heavy atom. The molecule has 0 radical (unpaired) electrons. The standard InChI is InChI=1S/C15H17NOS/c1-17-14-6-2-12(3-7-14)10-11-18-15-8-4-13(16)5-9-15/h2-9H,10-11,16H2,1H3. The van der Waals surface area contributed by atoms with Crippen LogP contribution >= 0.6 is 11.8 Å². The predicted molar refractivity (Wildman–Crippen MR) is 78.3 cm³/mol. The first kappa shape index (κ1) is 12.8. The van der Waals surface area contributed by atoms with Crippen LogP contribution in [0.1, 0.15) is 5.56 Å². The van der Waals surface area contributed by atoms with E-state index < -0.39 is 0 Å². The van der Waals surface area contributed by atoms with Crippen LogP contribution in [0.25, 0.3) is 0 Å². The van der Waals surface area contributed by atoms with Gasteiger partial charge >= 0.3 is 0 Å². The van der Waals surface area contributed by atoms with Crippen LogP contribution in [-0.2, 0) is 6.42 Å². The zero-order valence-electron chi connectivity index (χ0n) is 10.4. The second-order valence-corrected chi connectivity index (χ2v) is 5.18. The van der Waals surface area contributed by atoms with Gasteiger partial charge in [-0.05, 0) is 48.4 Å². The molecular formula is C15H17NOS. The number of benzene rings is 2. The Morgan fingerprint density at radius 1 is 1.00 bits per heavy atom. The molecule has 2 N–H and O–H groups in total. The van der Waals surface area contributed by atoms with Crippen molar-refractivity contribution in [2.45, 2.75) is 11.3 Å². The van der Waals surface area contributed by atoms with Crippen molar-refractivity contribution in [1.82, 2.24) is 0 Å². The molecule has 0 bridgehead atoms. The number of hydrogen-bond donors (Lipinski definition) is 1. The zero-order valence-corrected chi connectivity index (χ0v) is 11.2. The van der Waals surface area contributed by atoms with E-state index in [4.69, 9.17) is 10.5 Å². The highest BCUT2D eigenvalue weighted by atomic mass is 32.2. The number of anilines is 1. The average molecular weight is 259 g/mol. The van der Waals surface area contributed by atoms with Gasteiger partial charge < -0.3 is 10.5 Å². The minimum Gasteiger partial charge on any atom is -0.497 e. The van der Waals surface area contributed by atoms with Crippen molar-refractivity contribution in [2.75, 3.05) is 18.6 Å². The molecule has 0 atom stereocenters. The summed E-state index contributed by atoms with van der Waals surface area (Å²) in [6, 6.07) is 16.2. The van der Waals surface area contributed by atoms with Crippen LogP contribution < -0.4 is 10.5 Å². The quantitative estimate of drug-likeness (QED) is 0.658. The molecule has 0 aromatic heterocycles. The third kappa shape index (κ3) is 3.70. The molecule has 3 heteroatoms. The molecule has 0 spiro atoms. The topological polar surface area (TPSA) is 35.2 Å². The summed E-state index contributed by atoms with van der Waals surface area (Å²) >= 11 is 1.85. The Labute approximate surface area is 112 Å². The smallest absolute Gasteiger partial charge is 0.118 e. The molecule has 0 unspecified atom stereocenters. The largest absolute Gasteiger partial charge is 0.497 e. The number of aryl methyl sites for hydroxylation is 1. The van der Waals surface area contributed by atoms with Crippen molar-refractivity contribution in [1.29, 1.82) is 0 Å². The lowest BCUT2D eigenvalue weighted by molar-refractivity contribution is 0.414. The summed E-state index contributed by atoms with van der Waals surface area (Å²) in [5.41, 5.74) is 7.80. The van der Waals surface area contributed by atoms with Gasteiger partial charge in [-0.1, -0.05) is 12.1 Å². The number of nitrogen functional groups attached to an aromatic ring is 1. The Hall–Kier alpha value is -1.61. The van der Waals surface area contributed by atoms with Gasteiger partial charge in [0.25, 0.3) is 0 Å². The van der Waals surface area contributed by atoms with E-state index in [1.54, 1.807) is 7.11 Å². The van der Waals surface area contributed by atoms with E-state index >= 15 is 0 Å². The molecule has 2 aromatic carbocycles. The van der Waals surface area contributed by atoms with E-state index in [1.807, 2.05) is 36.0 Å². The molecule has 18 heavy (non-hydrogen) atoms. The predicted octanol–water partition coefficient (Wildman–Crippen LogP) is 3.61. The normalized spacial score (nSPS) is 10.3. The first-order chi connectivity index (χ1) is 8.78. The molecule has 0 aliphatic heterocycles. The molecule has 0 saturated heterocycles.